The van der Waals surface area contributed by atoms with E-state index in [0.29, 0.717) is 19.4 Å². The van der Waals surface area contributed by atoms with Gasteiger partial charge in [0.2, 0.25) is 0 Å². The molecule has 4 aliphatic rings. The van der Waals surface area contributed by atoms with Gasteiger partial charge in [-0.3, -0.25) is 4.79 Å². The van der Waals surface area contributed by atoms with Gasteiger partial charge in [0, 0.05) is 47.8 Å². The molecule has 4 heterocycles. The predicted octanol–water partition coefficient (Wildman–Crippen LogP) is 2.56. The van der Waals surface area contributed by atoms with Gasteiger partial charge in [0.25, 0.3) is 5.91 Å². The van der Waals surface area contributed by atoms with Gasteiger partial charge in [0.15, 0.2) is 5.60 Å². The number of ether oxygens (including phenoxy) is 2. The van der Waals surface area contributed by atoms with Gasteiger partial charge in [-0.1, -0.05) is 0 Å². The molecule has 4 fully saturated rings. The molecule has 1 unspecified atom stereocenters. The van der Waals surface area contributed by atoms with E-state index in [1.165, 1.54) is 0 Å². The minimum Gasteiger partial charge on any atom is -0.371 e. The van der Waals surface area contributed by atoms with Crippen molar-refractivity contribution in [3.05, 3.63) is 0 Å². The van der Waals surface area contributed by atoms with Gasteiger partial charge in [-0.2, -0.15) is 0 Å². The molecule has 1 atom stereocenters. The summed E-state index contributed by atoms with van der Waals surface area (Å²) in [5, 5.41) is 7.46. The molecule has 0 aromatic carbocycles. The van der Waals surface area contributed by atoms with Crippen LogP contribution in [0.2, 0.25) is 0 Å². The third-order valence-corrected chi connectivity index (χ3v) is 6.55. The van der Waals surface area contributed by atoms with Crippen LogP contribution in [-0.2, 0) is 14.3 Å². The maximum atomic E-state index is 14.0. The van der Waals surface area contributed by atoms with E-state index in [9.17, 15) is 4.79 Å². The largest absolute Gasteiger partial charge is 0.371 e. The first-order valence-corrected chi connectivity index (χ1v) is 10.8. The Balaban J connectivity index is 1.77. The third kappa shape index (κ3) is 3.62. The number of hydrogen-bond donors (Lipinski definition) is 2. The van der Waals surface area contributed by atoms with Gasteiger partial charge in [0.1, 0.15) is 5.72 Å². The quantitative estimate of drug-likeness (QED) is 0.706. The van der Waals surface area contributed by atoms with E-state index in [1.807, 2.05) is 0 Å². The summed E-state index contributed by atoms with van der Waals surface area (Å²) in [5.74, 6) is 0.166. The summed E-state index contributed by atoms with van der Waals surface area (Å²) in [4.78, 5) is 16.1. The number of rotatable bonds is 2. The maximum Gasteiger partial charge on any atom is 0.257 e. The van der Waals surface area contributed by atoms with Crippen LogP contribution in [0.1, 0.15) is 81.1 Å². The number of piperidine rings is 2. The fourth-order valence-electron chi connectivity index (χ4n) is 6.95. The third-order valence-electron chi connectivity index (χ3n) is 6.55. The van der Waals surface area contributed by atoms with E-state index in [-0.39, 0.29) is 34.2 Å². The van der Waals surface area contributed by atoms with E-state index < -0.39 is 11.3 Å². The van der Waals surface area contributed by atoms with Crippen LogP contribution in [0, 0.1) is 0 Å². The standard InChI is InChI=1S/C22H39N3O3/c1-17(2)11-21(12-18(3,4)23-17)16(26)25(9-15-10-27-15)22(28-21)13-19(5,6)24-20(7,8)14-22/h15,23-24H,9-14H2,1-8H3. The second kappa shape index (κ2) is 5.71. The van der Waals surface area contributed by atoms with Crippen molar-refractivity contribution in [3.63, 3.8) is 0 Å². The normalized spacial score (nSPS) is 36.1. The van der Waals surface area contributed by atoms with E-state index in [2.05, 4.69) is 70.9 Å². The molecular formula is C22H39N3O3. The first kappa shape index (κ1) is 20.6. The maximum absolute atomic E-state index is 14.0. The predicted molar refractivity (Wildman–Crippen MR) is 109 cm³/mol. The second-order valence-electron chi connectivity index (χ2n) is 12.4. The first-order chi connectivity index (χ1) is 12.6. The summed E-state index contributed by atoms with van der Waals surface area (Å²) in [5.41, 5.74) is -1.91. The zero-order chi connectivity index (χ0) is 20.8. The summed E-state index contributed by atoms with van der Waals surface area (Å²) in [6, 6.07) is 0. The lowest BCUT2D eigenvalue weighted by Gasteiger charge is -2.54. The Morgan fingerprint density at radius 1 is 0.857 bits per heavy atom. The molecule has 4 saturated heterocycles. The van der Waals surface area contributed by atoms with Gasteiger partial charge >= 0.3 is 0 Å². The Morgan fingerprint density at radius 2 is 1.29 bits per heavy atom. The summed E-state index contributed by atoms with van der Waals surface area (Å²) >= 11 is 0. The molecule has 160 valence electrons. The monoisotopic (exact) mass is 393 g/mol. The minimum absolute atomic E-state index is 0.117. The van der Waals surface area contributed by atoms with Crippen LogP contribution in [0.4, 0.5) is 0 Å². The molecule has 2 N–H and O–H groups in total. The molecule has 1 amide bonds. The van der Waals surface area contributed by atoms with Crippen molar-refractivity contribution in [2.45, 2.75) is 121 Å². The van der Waals surface area contributed by atoms with Crippen LogP contribution in [-0.4, -0.2) is 63.5 Å². The van der Waals surface area contributed by atoms with E-state index in [1.54, 1.807) is 0 Å². The lowest BCUT2D eigenvalue weighted by Crippen LogP contribution is -2.68. The molecule has 4 rings (SSSR count). The highest BCUT2D eigenvalue weighted by molar-refractivity contribution is 5.88. The SMILES string of the molecule is CC1(C)CC2(CC(C)(C)N1)OC1(CC(C)(C)NC(C)(C)C1)N(CC1CO1)C2=O. The van der Waals surface area contributed by atoms with E-state index in [0.717, 1.165) is 19.4 Å². The molecule has 0 bridgehead atoms. The van der Waals surface area contributed by atoms with Crippen molar-refractivity contribution < 1.29 is 14.3 Å². The van der Waals surface area contributed by atoms with Crippen LogP contribution in [0.5, 0.6) is 0 Å². The molecule has 6 heteroatoms. The van der Waals surface area contributed by atoms with Crippen molar-refractivity contribution in [2.24, 2.45) is 0 Å². The average molecular weight is 394 g/mol. The number of carbonyl (C=O) groups excluding carboxylic acids is 1. The van der Waals surface area contributed by atoms with Crippen LogP contribution < -0.4 is 10.6 Å². The van der Waals surface area contributed by atoms with Crippen LogP contribution in [0.15, 0.2) is 0 Å². The van der Waals surface area contributed by atoms with Crippen LogP contribution in [0.25, 0.3) is 0 Å². The fourth-order valence-corrected chi connectivity index (χ4v) is 6.95. The van der Waals surface area contributed by atoms with Gasteiger partial charge < -0.3 is 25.0 Å². The van der Waals surface area contributed by atoms with Crippen LogP contribution >= 0.6 is 0 Å². The highest BCUT2D eigenvalue weighted by Gasteiger charge is 2.67. The molecule has 0 aliphatic carbocycles. The number of hydrogen-bond acceptors (Lipinski definition) is 5. The Hall–Kier alpha value is -0.690. The molecule has 4 aliphatic heterocycles. The molecule has 0 aromatic heterocycles. The number of amides is 1. The number of epoxide rings is 1. The average Bonchev–Trinajstić information content (AvgIpc) is 3.16. The molecule has 6 nitrogen and oxygen atoms in total. The Kier molecular flexibility index (Phi) is 4.20. The van der Waals surface area contributed by atoms with Gasteiger partial charge in [-0.25, -0.2) is 0 Å². The van der Waals surface area contributed by atoms with Crippen molar-refractivity contribution in [1.29, 1.82) is 0 Å². The van der Waals surface area contributed by atoms with Crippen molar-refractivity contribution in [1.82, 2.24) is 15.5 Å². The highest BCUT2D eigenvalue weighted by Crippen LogP contribution is 2.53. The zero-order valence-corrected chi connectivity index (χ0v) is 19.0. The van der Waals surface area contributed by atoms with Crippen LogP contribution in [0.3, 0.4) is 0 Å². The van der Waals surface area contributed by atoms with Crippen molar-refractivity contribution in [3.8, 4) is 0 Å². The van der Waals surface area contributed by atoms with Crippen molar-refractivity contribution in [2.75, 3.05) is 13.2 Å². The van der Waals surface area contributed by atoms with Gasteiger partial charge in [-0.05, 0) is 55.4 Å². The summed E-state index contributed by atoms with van der Waals surface area (Å²) in [6.45, 7) is 19.0. The lowest BCUT2D eigenvalue weighted by atomic mass is 9.72. The molecule has 0 aromatic rings. The topological polar surface area (TPSA) is 66.1 Å². The van der Waals surface area contributed by atoms with Crippen molar-refractivity contribution >= 4 is 5.91 Å². The second-order valence-corrected chi connectivity index (χ2v) is 12.4. The number of carbonyl (C=O) groups is 1. The first-order valence-electron chi connectivity index (χ1n) is 10.8. The number of nitrogens with one attached hydrogen (secondary N) is 2. The Morgan fingerprint density at radius 3 is 1.71 bits per heavy atom. The Bertz CT molecular complexity index is 647. The summed E-state index contributed by atoms with van der Waals surface area (Å²) < 4.78 is 12.6. The zero-order valence-electron chi connectivity index (χ0n) is 19.0. The summed E-state index contributed by atoms with van der Waals surface area (Å²) in [7, 11) is 0. The van der Waals surface area contributed by atoms with E-state index >= 15 is 0 Å². The highest BCUT2D eigenvalue weighted by atomic mass is 16.6. The smallest absolute Gasteiger partial charge is 0.257 e. The summed E-state index contributed by atoms with van der Waals surface area (Å²) in [6.07, 6.45) is 3.12. The number of nitrogens with zero attached hydrogens (tertiary/aromatic N) is 1. The van der Waals surface area contributed by atoms with Gasteiger partial charge in [-0.15, -0.1) is 0 Å². The van der Waals surface area contributed by atoms with E-state index in [4.69, 9.17) is 9.47 Å². The Labute approximate surface area is 170 Å². The molecular weight excluding hydrogens is 354 g/mol. The lowest BCUT2D eigenvalue weighted by molar-refractivity contribution is -0.201. The fraction of sp³-hybridized carbons (Fsp3) is 0.955. The van der Waals surface area contributed by atoms with Gasteiger partial charge in [0.05, 0.1) is 19.3 Å². The molecule has 0 saturated carbocycles. The molecule has 0 radical (unpaired) electrons. The minimum atomic E-state index is -0.767. The molecule has 2 spiro atoms. The molecule has 28 heavy (non-hydrogen) atoms.